The van der Waals surface area contributed by atoms with Crippen LogP contribution in [0.4, 0.5) is 0 Å². The smallest absolute Gasteiger partial charge is 0.164 e. The van der Waals surface area contributed by atoms with Gasteiger partial charge in [0.1, 0.15) is 5.60 Å². The Balaban J connectivity index is 2.11. The molecule has 2 aliphatic rings. The van der Waals surface area contributed by atoms with Crippen molar-refractivity contribution in [1.29, 1.82) is 0 Å². The van der Waals surface area contributed by atoms with Gasteiger partial charge in [-0.1, -0.05) is 24.3 Å². The van der Waals surface area contributed by atoms with Crippen LogP contribution in [0.3, 0.4) is 0 Å². The lowest BCUT2D eigenvalue weighted by atomic mass is 9.78. The van der Waals surface area contributed by atoms with Crippen LogP contribution in [0.2, 0.25) is 0 Å². The Morgan fingerprint density at radius 2 is 1.94 bits per heavy atom. The van der Waals surface area contributed by atoms with Crippen molar-refractivity contribution in [1.82, 2.24) is 0 Å². The molecule has 1 aromatic carbocycles. The molecule has 1 fully saturated rings. The van der Waals surface area contributed by atoms with Crippen LogP contribution in [0.5, 0.6) is 0 Å². The quantitative estimate of drug-likeness (QED) is 0.666. The molecule has 0 amide bonds. The first-order valence-electron chi connectivity index (χ1n) is 5.98. The summed E-state index contributed by atoms with van der Waals surface area (Å²) in [5.74, 6) is -0.461. The van der Waals surface area contributed by atoms with E-state index in [4.69, 9.17) is 9.47 Å². The number of benzene rings is 1. The van der Waals surface area contributed by atoms with Crippen LogP contribution in [-0.2, 0) is 21.5 Å². The molecule has 2 nitrogen and oxygen atoms in total. The Morgan fingerprint density at radius 1 is 1.19 bits per heavy atom. The molecule has 3 rings (SSSR count). The molecule has 1 aromatic rings. The van der Waals surface area contributed by atoms with E-state index in [0.29, 0.717) is 0 Å². The van der Waals surface area contributed by atoms with E-state index in [9.17, 15) is 0 Å². The van der Waals surface area contributed by atoms with E-state index >= 15 is 0 Å². The second-order valence-electron chi connectivity index (χ2n) is 5.41. The van der Waals surface area contributed by atoms with Gasteiger partial charge in [0.2, 0.25) is 0 Å². The standard InChI is InChI=1S/C14H18O2/c1-13(2)15-12-9-8-10-6-4-5-7-11(10)14(12,3)16-13/h4-7,12H,8-9H2,1-3H3. The van der Waals surface area contributed by atoms with Gasteiger partial charge in [0, 0.05) is 0 Å². The highest BCUT2D eigenvalue weighted by Crippen LogP contribution is 2.48. The lowest BCUT2D eigenvalue weighted by molar-refractivity contribution is -0.161. The lowest BCUT2D eigenvalue weighted by Gasteiger charge is -2.35. The molecule has 1 heterocycles. The molecule has 2 heteroatoms. The zero-order valence-electron chi connectivity index (χ0n) is 10.1. The Bertz CT molecular complexity index is 424. The fraction of sp³-hybridized carbons (Fsp3) is 0.571. The number of hydrogen-bond donors (Lipinski definition) is 0. The molecular weight excluding hydrogens is 200 g/mol. The van der Waals surface area contributed by atoms with Crippen LogP contribution < -0.4 is 0 Å². The second kappa shape index (κ2) is 3.08. The number of rotatable bonds is 0. The minimum absolute atomic E-state index is 0.192. The van der Waals surface area contributed by atoms with Crippen molar-refractivity contribution in [2.24, 2.45) is 0 Å². The third-order valence-electron chi connectivity index (χ3n) is 3.73. The molecule has 0 radical (unpaired) electrons. The third kappa shape index (κ3) is 1.33. The van der Waals surface area contributed by atoms with Crippen molar-refractivity contribution in [3.05, 3.63) is 35.4 Å². The van der Waals surface area contributed by atoms with E-state index in [1.807, 2.05) is 13.8 Å². The molecule has 0 saturated carbocycles. The second-order valence-corrected chi connectivity index (χ2v) is 5.41. The summed E-state index contributed by atoms with van der Waals surface area (Å²) in [6.45, 7) is 6.16. The minimum atomic E-state index is -0.461. The van der Waals surface area contributed by atoms with Gasteiger partial charge in [0.15, 0.2) is 5.79 Å². The topological polar surface area (TPSA) is 18.5 Å². The molecule has 1 saturated heterocycles. The van der Waals surface area contributed by atoms with Gasteiger partial charge >= 0.3 is 0 Å². The highest BCUT2D eigenvalue weighted by Gasteiger charge is 2.53. The summed E-state index contributed by atoms with van der Waals surface area (Å²) in [5, 5.41) is 0. The van der Waals surface area contributed by atoms with E-state index in [2.05, 4.69) is 31.2 Å². The summed E-state index contributed by atoms with van der Waals surface area (Å²) < 4.78 is 12.1. The zero-order valence-corrected chi connectivity index (χ0v) is 10.1. The van der Waals surface area contributed by atoms with E-state index in [0.717, 1.165) is 12.8 Å². The maximum atomic E-state index is 6.14. The van der Waals surface area contributed by atoms with E-state index < -0.39 is 5.79 Å². The summed E-state index contributed by atoms with van der Waals surface area (Å²) in [4.78, 5) is 0. The predicted molar refractivity (Wildman–Crippen MR) is 62.2 cm³/mol. The maximum Gasteiger partial charge on any atom is 0.164 e. The van der Waals surface area contributed by atoms with Crippen molar-refractivity contribution in [2.75, 3.05) is 0 Å². The highest BCUT2D eigenvalue weighted by atomic mass is 16.8. The Hall–Kier alpha value is -0.860. The van der Waals surface area contributed by atoms with Crippen molar-refractivity contribution in [3.63, 3.8) is 0 Å². The van der Waals surface area contributed by atoms with Crippen LogP contribution in [0, 0.1) is 0 Å². The highest BCUT2D eigenvalue weighted by molar-refractivity contribution is 5.36. The van der Waals surface area contributed by atoms with Gasteiger partial charge in [-0.15, -0.1) is 0 Å². The van der Waals surface area contributed by atoms with Crippen LogP contribution in [0.15, 0.2) is 24.3 Å². The first-order valence-corrected chi connectivity index (χ1v) is 5.98. The van der Waals surface area contributed by atoms with Crippen LogP contribution in [0.25, 0.3) is 0 Å². The number of ether oxygens (including phenoxy) is 2. The molecule has 0 N–H and O–H groups in total. The fourth-order valence-electron chi connectivity index (χ4n) is 3.13. The van der Waals surface area contributed by atoms with Crippen molar-refractivity contribution in [3.8, 4) is 0 Å². The van der Waals surface area contributed by atoms with Gasteiger partial charge in [0.05, 0.1) is 6.10 Å². The summed E-state index contributed by atoms with van der Waals surface area (Å²) in [6, 6.07) is 8.56. The number of aryl methyl sites for hydroxylation is 1. The van der Waals surface area contributed by atoms with E-state index in [1.54, 1.807) is 0 Å². The monoisotopic (exact) mass is 218 g/mol. The van der Waals surface area contributed by atoms with Crippen molar-refractivity contribution < 1.29 is 9.47 Å². The molecule has 2 atom stereocenters. The molecular formula is C14H18O2. The average molecular weight is 218 g/mol. The molecule has 0 aromatic heterocycles. The Kier molecular flexibility index (Phi) is 1.99. The third-order valence-corrected chi connectivity index (χ3v) is 3.73. The Labute approximate surface area is 96.6 Å². The first-order chi connectivity index (χ1) is 7.51. The van der Waals surface area contributed by atoms with Gasteiger partial charge in [-0.25, -0.2) is 0 Å². The van der Waals surface area contributed by atoms with Crippen LogP contribution in [-0.4, -0.2) is 11.9 Å². The van der Waals surface area contributed by atoms with Gasteiger partial charge in [-0.3, -0.25) is 0 Å². The minimum Gasteiger partial charge on any atom is -0.344 e. The molecule has 2 unspecified atom stereocenters. The number of hydrogen-bond acceptors (Lipinski definition) is 2. The summed E-state index contributed by atoms with van der Waals surface area (Å²) in [5.41, 5.74) is 2.44. The van der Waals surface area contributed by atoms with Crippen molar-refractivity contribution in [2.45, 2.75) is 51.1 Å². The largest absolute Gasteiger partial charge is 0.344 e. The Morgan fingerprint density at radius 3 is 2.75 bits per heavy atom. The molecule has 16 heavy (non-hydrogen) atoms. The molecule has 1 aliphatic heterocycles. The molecule has 0 bridgehead atoms. The summed E-state index contributed by atoms with van der Waals surface area (Å²) >= 11 is 0. The zero-order chi connectivity index (χ0) is 11.4. The molecule has 86 valence electrons. The fourth-order valence-corrected chi connectivity index (χ4v) is 3.13. The van der Waals surface area contributed by atoms with Gasteiger partial charge in [-0.05, 0) is 44.7 Å². The number of fused-ring (bicyclic) bond motifs is 3. The molecule has 0 spiro atoms. The van der Waals surface area contributed by atoms with Crippen LogP contribution >= 0.6 is 0 Å². The van der Waals surface area contributed by atoms with E-state index in [1.165, 1.54) is 11.1 Å². The molecule has 1 aliphatic carbocycles. The normalized spacial score (nSPS) is 35.6. The van der Waals surface area contributed by atoms with E-state index in [-0.39, 0.29) is 11.7 Å². The van der Waals surface area contributed by atoms with Crippen molar-refractivity contribution >= 4 is 0 Å². The average Bonchev–Trinajstić information content (AvgIpc) is 2.47. The lowest BCUT2D eigenvalue weighted by Crippen LogP contribution is -2.38. The van der Waals surface area contributed by atoms with Gasteiger partial charge in [0.25, 0.3) is 0 Å². The van der Waals surface area contributed by atoms with Gasteiger partial charge in [-0.2, -0.15) is 0 Å². The summed E-state index contributed by atoms with van der Waals surface area (Å²) in [6.07, 6.45) is 2.34. The SMILES string of the molecule is CC1(C)OC2CCc3ccccc3C2(C)O1. The maximum absolute atomic E-state index is 6.14. The van der Waals surface area contributed by atoms with Gasteiger partial charge < -0.3 is 9.47 Å². The predicted octanol–water partition coefficient (Wildman–Crippen LogP) is 3.00. The summed E-state index contributed by atoms with van der Waals surface area (Å²) in [7, 11) is 0. The first kappa shape index (κ1) is 10.3. The van der Waals surface area contributed by atoms with Crippen LogP contribution in [0.1, 0.15) is 38.3 Å².